The normalized spacial score (nSPS) is 10.6. The first-order valence-corrected chi connectivity index (χ1v) is 8.35. The molecule has 0 N–H and O–H groups in total. The molecule has 5 nitrogen and oxygen atoms in total. The summed E-state index contributed by atoms with van der Waals surface area (Å²) in [5.41, 5.74) is 5.60. The van der Waals surface area contributed by atoms with Crippen molar-refractivity contribution in [2.75, 3.05) is 6.61 Å². The van der Waals surface area contributed by atoms with Crippen molar-refractivity contribution in [2.45, 2.75) is 6.92 Å². The molecule has 0 radical (unpaired) electrons. The van der Waals surface area contributed by atoms with Gasteiger partial charge in [-0.05, 0) is 48.4 Å². The number of aromatic nitrogens is 3. The van der Waals surface area contributed by atoms with Gasteiger partial charge in [-0.2, -0.15) is 5.26 Å². The Labute approximate surface area is 151 Å². The van der Waals surface area contributed by atoms with Crippen LogP contribution in [0.1, 0.15) is 12.5 Å². The second kappa shape index (κ2) is 6.69. The Bertz CT molecular complexity index is 1110. The average Bonchev–Trinajstić information content (AvgIpc) is 3.12. The van der Waals surface area contributed by atoms with Crippen molar-refractivity contribution < 1.29 is 4.74 Å². The molecule has 0 fully saturated rings. The number of pyridine rings is 2. The molecule has 0 aliphatic rings. The van der Waals surface area contributed by atoms with Gasteiger partial charge in [0.2, 0.25) is 5.88 Å². The van der Waals surface area contributed by atoms with E-state index in [0.717, 1.165) is 28.0 Å². The summed E-state index contributed by atoms with van der Waals surface area (Å²) in [7, 11) is 0. The minimum atomic E-state index is 0.587. The zero-order valence-corrected chi connectivity index (χ0v) is 14.3. The SMILES string of the molecule is CCOc1cc(-c2ccn3c(-c4ccc(C#N)cc4)cnc3c2)ccn1. The number of imidazole rings is 1. The molecular formula is C21H16N4O. The molecule has 0 saturated carbocycles. The molecule has 0 atom stereocenters. The molecule has 3 aromatic heterocycles. The maximum Gasteiger partial charge on any atom is 0.213 e. The Kier molecular flexibility index (Phi) is 4.08. The summed E-state index contributed by atoms with van der Waals surface area (Å²) < 4.78 is 7.52. The van der Waals surface area contributed by atoms with Gasteiger partial charge >= 0.3 is 0 Å². The van der Waals surface area contributed by atoms with Gasteiger partial charge in [-0.1, -0.05) is 12.1 Å². The van der Waals surface area contributed by atoms with Crippen LogP contribution in [-0.2, 0) is 0 Å². The minimum absolute atomic E-state index is 0.587. The van der Waals surface area contributed by atoms with Crippen LogP contribution >= 0.6 is 0 Å². The van der Waals surface area contributed by atoms with Crippen molar-refractivity contribution in [2.24, 2.45) is 0 Å². The molecule has 1 aromatic carbocycles. The van der Waals surface area contributed by atoms with Crippen LogP contribution in [0.5, 0.6) is 5.88 Å². The third-order valence-electron chi connectivity index (χ3n) is 4.18. The van der Waals surface area contributed by atoms with Crippen molar-refractivity contribution in [3.8, 4) is 34.3 Å². The highest BCUT2D eigenvalue weighted by Crippen LogP contribution is 2.26. The number of fused-ring (bicyclic) bond motifs is 1. The van der Waals surface area contributed by atoms with Crippen molar-refractivity contribution >= 4 is 5.65 Å². The van der Waals surface area contributed by atoms with Crippen LogP contribution in [0.2, 0.25) is 0 Å². The molecular weight excluding hydrogens is 324 g/mol. The van der Waals surface area contributed by atoms with Crippen LogP contribution in [0.15, 0.2) is 67.1 Å². The van der Waals surface area contributed by atoms with Crippen LogP contribution in [0.3, 0.4) is 0 Å². The molecule has 0 aliphatic carbocycles. The maximum atomic E-state index is 8.94. The molecule has 0 spiro atoms. The fourth-order valence-corrected chi connectivity index (χ4v) is 2.91. The Morgan fingerprint density at radius 2 is 1.81 bits per heavy atom. The average molecular weight is 340 g/mol. The monoisotopic (exact) mass is 340 g/mol. The quantitative estimate of drug-likeness (QED) is 0.554. The van der Waals surface area contributed by atoms with Gasteiger partial charge in [0.05, 0.1) is 30.1 Å². The number of nitrogens with zero attached hydrogens (tertiary/aromatic N) is 4. The maximum absolute atomic E-state index is 8.94. The Balaban J connectivity index is 1.73. The van der Waals surface area contributed by atoms with E-state index in [2.05, 4.69) is 16.0 Å². The molecule has 4 aromatic rings. The summed E-state index contributed by atoms with van der Waals surface area (Å²) in [6, 6.07) is 17.6. The molecule has 0 unspecified atom stereocenters. The summed E-state index contributed by atoms with van der Waals surface area (Å²) >= 11 is 0. The van der Waals surface area contributed by atoms with Gasteiger partial charge in [0.25, 0.3) is 0 Å². The van der Waals surface area contributed by atoms with E-state index in [9.17, 15) is 0 Å². The van der Waals surface area contributed by atoms with E-state index < -0.39 is 0 Å². The molecule has 0 bridgehead atoms. The largest absolute Gasteiger partial charge is 0.478 e. The molecule has 126 valence electrons. The van der Waals surface area contributed by atoms with E-state index in [4.69, 9.17) is 10.00 Å². The van der Waals surface area contributed by atoms with Gasteiger partial charge in [-0.15, -0.1) is 0 Å². The number of hydrogen-bond donors (Lipinski definition) is 0. The lowest BCUT2D eigenvalue weighted by Gasteiger charge is -2.07. The topological polar surface area (TPSA) is 63.2 Å². The van der Waals surface area contributed by atoms with Gasteiger partial charge in [0.1, 0.15) is 5.65 Å². The summed E-state index contributed by atoms with van der Waals surface area (Å²) in [5.74, 6) is 0.617. The smallest absolute Gasteiger partial charge is 0.213 e. The van der Waals surface area contributed by atoms with Crippen LogP contribution in [0, 0.1) is 11.3 Å². The van der Waals surface area contributed by atoms with E-state index in [1.165, 1.54) is 0 Å². The molecule has 5 heteroatoms. The van der Waals surface area contributed by atoms with Crippen LogP contribution in [0.4, 0.5) is 0 Å². The fourth-order valence-electron chi connectivity index (χ4n) is 2.91. The zero-order valence-electron chi connectivity index (χ0n) is 14.3. The first-order valence-electron chi connectivity index (χ1n) is 8.35. The van der Waals surface area contributed by atoms with Gasteiger partial charge in [-0.25, -0.2) is 9.97 Å². The Morgan fingerprint density at radius 3 is 2.58 bits per heavy atom. The summed E-state index contributed by atoms with van der Waals surface area (Å²) in [4.78, 5) is 8.74. The summed E-state index contributed by atoms with van der Waals surface area (Å²) in [5, 5.41) is 8.94. The molecule has 26 heavy (non-hydrogen) atoms. The van der Waals surface area contributed by atoms with Crippen LogP contribution in [0.25, 0.3) is 28.0 Å². The summed E-state index contributed by atoms with van der Waals surface area (Å²) in [6.45, 7) is 2.53. The predicted octanol–water partition coefficient (Wildman–Crippen LogP) is 4.33. The zero-order chi connectivity index (χ0) is 17.9. The molecule has 0 aliphatic heterocycles. The number of benzene rings is 1. The highest BCUT2D eigenvalue weighted by molar-refractivity contribution is 5.71. The van der Waals surface area contributed by atoms with Crippen molar-refractivity contribution in [3.63, 3.8) is 0 Å². The molecule has 0 saturated heterocycles. The minimum Gasteiger partial charge on any atom is -0.478 e. The van der Waals surface area contributed by atoms with E-state index in [1.54, 1.807) is 6.20 Å². The third-order valence-corrected chi connectivity index (χ3v) is 4.18. The molecule has 3 heterocycles. The fraction of sp³-hybridized carbons (Fsp3) is 0.0952. The van der Waals surface area contributed by atoms with E-state index >= 15 is 0 Å². The number of hydrogen-bond acceptors (Lipinski definition) is 4. The van der Waals surface area contributed by atoms with Gasteiger partial charge in [0.15, 0.2) is 0 Å². The lowest BCUT2D eigenvalue weighted by molar-refractivity contribution is 0.327. The number of rotatable bonds is 4. The van der Waals surface area contributed by atoms with Gasteiger partial charge < -0.3 is 4.74 Å². The Morgan fingerprint density at radius 1 is 1.00 bits per heavy atom. The second-order valence-electron chi connectivity index (χ2n) is 5.79. The molecule has 4 rings (SSSR count). The van der Waals surface area contributed by atoms with E-state index in [0.29, 0.717) is 18.1 Å². The van der Waals surface area contributed by atoms with Crippen molar-refractivity contribution in [3.05, 3.63) is 72.7 Å². The number of ether oxygens (including phenoxy) is 1. The lowest BCUT2D eigenvalue weighted by Crippen LogP contribution is -1.94. The molecule has 0 amide bonds. The summed E-state index contributed by atoms with van der Waals surface area (Å²) in [6.07, 6.45) is 5.60. The third kappa shape index (κ3) is 2.89. The number of nitriles is 1. The van der Waals surface area contributed by atoms with E-state index in [-0.39, 0.29) is 0 Å². The van der Waals surface area contributed by atoms with Crippen LogP contribution < -0.4 is 4.74 Å². The standard InChI is InChI=1S/C21H16N4O/c1-2-26-21-12-17(7-9-23-21)18-8-10-25-19(14-24-20(25)11-18)16-5-3-15(13-22)4-6-16/h3-12,14H,2H2,1H3. The van der Waals surface area contributed by atoms with Gasteiger partial charge in [-0.3, -0.25) is 4.40 Å². The van der Waals surface area contributed by atoms with Crippen molar-refractivity contribution in [1.29, 1.82) is 5.26 Å². The lowest BCUT2D eigenvalue weighted by atomic mass is 10.1. The highest BCUT2D eigenvalue weighted by atomic mass is 16.5. The first-order chi connectivity index (χ1) is 12.8. The van der Waals surface area contributed by atoms with E-state index in [1.807, 2.05) is 72.2 Å². The predicted molar refractivity (Wildman–Crippen MR) is 99.7 cm³/mol. The van der Waals surface area contributed by atoms with Crippen molar-refractivity contribution in [1.82, 2.24) is 14.4 Å². The van der Waals surface area contributed by atoms with Gasteiger partial charge in [0, 0.05) is 24.0 Å². The Hall–Kier alpha value is -3.65. The second-order valence-corrected chi connectivity index (χ2v) is 5.79. The first kappa shape index (κ1) is 15.9. The van der Waals surface area contributed by atoms with Crippen LogP contribution in [-0.4, -0.2) is 21.0 Å². The highest BCUT2D eigenvalue weighted by Gasteiger charge is 2.08.